The molecule has 372 valence electrons. The molecule has 2 heterocycles. The van der Waals surface area contributed by atoms with Crippen LogP contribution in [0.5, 0.6) is 0 Å². The number of carbonyl (C=O) groups excluding carboxylic acids is 7. The first-order chi connectivity index (χ1) is 33.0. The quantitative estimate of drug-likeness (QED) is 0.0240. The van der Waals surface area contributed by atoms with E-state index in [2.05, 4.69) is 46.9 Å². The fourth-order valence-corrected chi connectivity index (χ4v) is 7.17. The fourth-order valence-electron chi connectivity index (χ4n) is 7.17. The Morgan fingerprint density at radius 3 is 1.77 bits per heavy atom. The largest absolute Gasteiger partial charge is 0.481 e. The summed E-state index contributed by atoms with van der Waals surface area (Å²) in [4.78, 5) is 128. The van der Waals surface area contributed by atoms with Gasteiger partial charge in [-0.3, -0.25) is 38.4 Å². The molecule has 69 heavy (non-hydrogen) atoms. The molecule has 0 saturated carbocycles. The minimum atomic E-state index is -1.68. The molecule has 2 aromatic carbocycles. The van der Waals surface area contributed by atoms with Gasteiger partial charge in [-0.1, -0.05) is 48.5 Å². The van der Waals surface area contributed by atoms with Crippen molar-refractivity contribution in [2.45, 2.75) is 107 Å². The van der Waals surface area contributed by atoms with E-state index in [0.717, 1.165) is 10.9 Å². The number of nitrogens with two attached hydrogens (primary N) is 3. The van der Waals surface area contributed by atoms with Gasteiger partial charge in [0, 0.05) is 61.1 Å². The monoisotopic (exact) mass is 960 g/mol. The van der Waals surface area contributed by atoms with Crippen molar-refractivity contribution >= 4 is 64.2 Å². The van der Waals surface area contributed by atoms with E-state index in [4.69, 9.17) is 17.2 Å². The molecule has 0 saturated heterocycles. The van der Waals surface area contributed by atoms with Crippen LogP contribution in [0.1, 0.15) is 61.8 Å². The number of carbonyl (C=O) groups is 9. The maximum atomic E-state index is 14.3. The number of H-pyrrole nitrogens is 2. The van der Waals surface area contributed by atoms with Crippen molar-refractivity contribution in [2.24, 2.45) is 17.2 Å². The summed E-state index contributed by atoms with van der Waals surface area (Å²) < 4.78 is 0. The molecule has 0 spiro atoms. The number of aromatic nitrogens is 3. The Hall–Kier alpha value is -7.70. The predicted molar refractivity (Wildman–Crippen MR) is 247 cm³/mol. The highest BCUT2D eigenvalue weighted by Crippen LogP contribution is 2.19. The summed E-state index contributed by atoms with van der Waals surface area (Å²) in [5, 5.41) is 45.3. The van der Waals surface area contributed by atoms with Gasteiger partial charge in [0.1, 0.15) is 36.3 Å². The number of nitrogens with one attached hydrogen (secondary N) is 8. The minimum Gasteiger partial charge on any atom is -0.481 e. The number of aliphatic hydroxyl groups is 1. The third-order valence-electron chi connectivity index (χ3n) is 11.0. The number of hydrogen-bond donors (Lipinski definition) is 14. The van der Waals surface area contributed by atoms with Gasteiger partial charge in [-0.05, 0) is 55.8 Å². The third kappa shape index (κ3) is 17.5. The molecule has 0 unspecified atom stereocenters. The van der Waals surface area contributed by atoms with E-state index in [1.807, 2.05) is 18.2 Å². The highest BCUT2D eigenvalue weighted by atomic mass is 16.4. The Balaban J connectivity index is 1.57. The number of carboxylic acids is 2. The van der Waals surface area contributed by atoms with Crippen LogP contribution in [0.2, 0.25) is 0 Å². The summed E-state index contributed by atoms with van der Waals surface area (Å²) in [7, 11) is 0. The Labute approximate surface area is 395 Å². The molecule has 0 aliphatic carbocycles. The second kappa shape index (κ2) is 27.2. The second-order valence-electron chi connectivity index (χ2n) is 16.3. The van der Waals surface area contributed by atoms with E-state index in [9.17, 15) is 58.5 Å². The normalized spacial score (nSPS) is 14.1. The molecule has 0 bridgehead atoms. The van der Waals surface area contributed by atoms with Crippen LogP contribution in [-0.4, -0.2) is 139 Å². The maximum absolute atomic E-state index is 14.3. The first kappa shape index (κ1) is 53.9. The van der Waals surface area contributed by atoms with Crippen molar-refractivity contribution < 1.29 is 58.5 Å². The van der Waals surface area contributed by atoms with Crippen LogP contribution in [0.3, 0.4) is 0 Å². The number of aromatic amines is 2. The Bertz CT molecular complexity index is 2380. The van der Waals surface area contributed by atoms with Crippen LogP contribution in [0.25, 0.3) is 10.9 Å². The van der Waals surface area contributed by atoms with Gasteiger partial charge in [-0.25, -0.2) is 9.78 Å². The molecule has 0 radical (unpaired) electrons. The van der Waals surface area contributed by atoms with Crippen LogP contribution in [0.15, 0.2) is 73.3 Å². The zero-order valence-electron chi connectivity index (χ0n) is 37.7. The standard InChI is InChI=1S/C45H60N12O12/c46-17-7-6-12-31(40(63)55-34(20-27-22-49-24-51-27)43(66)56-35(45(68)69)19-26-21-50-30-11-5-4-10-28(26)30)52-42(65)33(18-25-8-2-1-3-9-25)54-41(64)32(14-16-38(60)61)53-44(67)36(23-58)57-39(62)29(47)13-15-37(48)59/h1-5,8-11,21-22,24,29,31-36,50,58H,6-7,12-20,23,46-47H2,(H2,48,59)(H,49,51)(H,52,65)(H,53,67)(H,54,64)(H,55,63)(H,56,66)(H,57,62)(H,60,61)(H,68,69)/t29-,31-,32-,33-,34-,35-,36-/m0/s1. The zero-order chi connectivity index (χ0) is 50.5. The molecule has 0 fully saturated rings. The number of rotatable bonds is 30. The van der Waals surface area contributed by atoms with E-state index in [-0.39, 0.29) is 45.1 Å². The van der Waals surface area contributed by atoms with Gasteiger partial charge >= 0.3 is 11.9 Å². The molecule has 7 atom stereocenters. The number of primary amides is 1. The number of para-hydroxylation sites is 1. The number of nitrogens with zero attached hydrogens (tertiary/aromatic N) is 1. The summed E-state index contributed by atoms with van der Waals surface area (Å²) in [6.45, 7) is -0.741. The van der Waals surface area contributed by atoms with Gasteiger partial charge in [0.05, 0.1) is 19.0 Å². The van der Waals surface area contributed by atoms with E-state index in [0.29, 0.717) is 29.7 Å². The summed E-state index contributed by atoms with van der Waals surface area (Å²) >= 11 is 0. The van der Waals surface area contributed by atoms with Gasteiger partial charge in [-0.2, -0.15) is 0 Å². The first-order valence-electron chi connectivity index (χ1n) is 22.2. The molecule has 24 heteroatoms. The third-order valence-corrected chi connectivity index (χ3v) is 11.0. The lowest BCUT2D eigenvalue weighted by Gasteiger charge is -2.27. The van der Waals surface area contributed by atoms with Crippen LogP contribution in [-0.2, 0) is 62.4 Å². The molecule has 0 aliphatic rings. The van der Waals surface area contributed by atoms with Crippen molar-refractivity contribution in [3.63, 3.8) is 0 Å². The van der Waals surface area contributed by atoms with Gasteiger partial charge in [-0.15, -0.1) is 0 Å². The number of fused-ring (bicyclic) bond motifs is 1. The number of unbranched alkanes of at least 4 members (excludes halogenated alkanes) is 1. The van der Waals surface area contributed by atoms with Gasteiger partial charge in [0.15, 0.2) is 0 Å². The van der Waals surface area contributed by atoms with Crippen LogP contribution in [0.4, 0.5) is 0 Å². The second-order valence-corrected chi connectivity index (χ2v) is 16.3. The summed E-state index contributed by atoms with van der Waals surface area (Å²) in [5.41, 5.74) is 19.0. The zero-order valence-corrected chi connectivity index (χ0v) is 37.7. The lowest BCUT2D eigenvalue weighted by atomic mass is 10.0. The van der Waals surface area contributed by atoms with Crippen molar-refractivity contribution in [1.82, 2.24) is 46.9 Å². The summed E-state index contributed by atoms with van der Waals surface area (Å²) in [6.07, 6.45) is 3.14. The molecule has 4 aromatic rings. The Kier molecular flexibility index (Phi) is 21.2. The van der Waals surface area contributed by atoms with Crippen LogP contribution < -0.4 is 49.1 Å². The average Bonchev–Trinajstić information content (AvgIpc) is 4.00. The van der Waals surface area contributed by atoms with Gasteiger partial charge < -0.3 is 74.4 Å². The number of aliphatic hydroxyl groups excluding tert-OH is 1. The number of hydrogen-bond acceptors (Lipinski definition) is 13. The summed E-state index contributed by atoms with van der Waals surface area (Å²) in [5.74, 6) is -9.07. The average molecular weight is 961 g/mol. The molecule has 2 aromatic heterocycles. The van der Waals surface area contributed by atoms with Crippen LogP contribution in [0, 0.1) is 0 Å². The number of imidazole rings is 1. The molecule has 4 rings (SSSR count). The number of carboxylic acid groups (broad SMARTS) is 2. The lowest BCUT2D eigenvalue weighted by Crippen LogP contribution is -2.60. The smallest absolute Gasteiger partial charge is 0.326 e. The van der Waals surface area contributed by atoms with Crippen molar-refractivity contribution in [2.75, 3.05) is 13.2 Å². The van der Waals surface area contributed by atoms with Crippen molar-refractivity contribution in [3.05, 3.63) is 90.1 Å². The Morgan fingerprint density at radius 2 is 1.17 bits per heavy atom. The van der Waals surface area contributed by atoms with Gasteiger partial charge in [0.25, 0.3) is 0 Å². The number of aliphatic carboxylic acids is 2. The van der Waals surface area contributed by atoms with Gasteiger partial charge in [0.2, 0.25) is 41.4 Å². The topological polar surface area (TPSA) is 409 Å². The molecular weight excluding hydrogens is 901 g/mol. The van der Waals surface area contributed by atoms with E-state index >= 15 is 0 Å². The SMILES string of the molecule is NCCCC[C@H](NC(=O)[C@H](Cc1ccccc1)NC(=O)[C@H](CCC(=O)O)NC(=O)[C@H](CO)NC(=O)[C@@H](N)CCC(N)=O)C(=O)N[C@@H](Cc1cnc[nH]1)C(=O)N[C@@H](Cc1c[nH]c2ccccc12)C(=O)O. The van der Waals surface area contributed by atoms with E-state index < -0.39 is 115 Å². The highest BCUT2D eigenvalue weighted by Gasteiger charge is 2.34. The van der Waals surface area contributed by atoms with E-state index in [1.165, 1.54) is 12.5 Å². The lowest BCUT2D eigenvalue weighted by molar-refractivity contribution is -0.142. The fraction of sp³-hybridized carbons (Fsp3) is 0.422. The van der Waals surface area contributed by atoms with Crippen molar-refractivity contribution in [1.29, 1.82) is 0 Å². The number of benzene rings is 2. The van der Waals surface area contributed by atoms with E-state index in [1.54, 1.807) is 42.6 Å². The highest BCUT2D eigenvalue weighted by molar-refractivity contribution is 5.97. The number of amides is 7. The molecule has 17 N–H and O–H groups in total. The minimum absolute atomic E-state index is 0.00472. The molecule has 0 aliphatic heterocycles. The molecule has 7 amide bonds. The van der Waals surface area contributed by atoms with Crippen molar-refractivity contribution in [3.8, 4) is 0 Å². The van der Waals surface area contributed by atoms with Crippen LogP contribution >= 0.6 is 0 Å². The predicted octanol–water partition coefficient (Wildman–Crippen LogP) is -2.51. The summed E-state index contributed by atoms with van der Waals surface area (Å²) in [6, 6.07) is 5.34. The maximum Gasteiger partial charge on any atom is 0.326 e. The first-order valence-corrected chi connectivity index (χ1v) is 22.2. The Morgan fingerprint density at radius 1 is 0.609 bits per heavy atom. The molecule has 24 nitrogen and oxygen atoms in total. The molecular formula is C45H60N12O12.